The number of rotatable bonds is 2. The molecular weight excluding hydrogens is 377 g/mol. The van der Waals surface area contributed by atoms with Gasteiger partial charge in [-0.1, -0.05) is 39.1 Å². The highest BCUT2D eigenvalue weighted by molar-refractivity contribution is 9.10. The maximum absolute atomic E-state index is 6.26. The van der Waals surface area contributed by atoms with Gasteiger partial charge in [-0.05, 0) is 48.4 Å². The topological polar surface area (TPSA) is 12.0 Å². The molecule has 1 aliphatic heterocycles. The molecule has 0 aliphatic carbocycles. The Bertz CT molecular complexity index is 648. The summed E-state index contributed by atoms with van der Waals surface area (Å²) in [5, 5.41) is 5.05. The molecule has 3 rings (SSSR count). The van der Waals surface area contributed by atoms with Crippen molar-refractivity contribution >= 4 is 56.6 Å². The number of nitrogens with one attached hydrogen (secondary N) is 1. The van der Waals surface area contributed by atoms with Gasteiger partial charge < -0.3 is 5.32 Å². The van der Waals surface area contributed by atoms with Crippen molar-refractivity contribution in [3.05, 3.63) is 56.5 Å². The lowest BCUT2D eigenvalue weighted by Crippen LogP contribution is -2.16. The molecule has 2 aromatic rings. The number of hydrogen-bond acceptors (Lipinski definition) is 2. The highest BCUT2D eigenvalue weighted by Gasteiger charge is 2.21. The molecule has 1 nitrogen and oxygen atoms in total. The first-order valence-corrected chi connectivity index (χ1v) is 8.81. The first kappa shape index (κ1) is 14.6. The Hall–Kier alpha value is -0.350. The average Bonchev–Trinajstić information content (AvgIpc) is 2.43. The Balaban J connectivity index is 1.93. The van der Waals surface area contributed by atoms with E-state index < -0.39 is 0 Å². The van der Waals surface area contributed by atoms with Crippen molar-refractivity contribution in [1.82, 2.24) is 0 Å². The lowest BCUT2D eigenvalue weighted by atomic mass is 10.0. The van der Waals surface area contributed by atoms with E-state index >= 15 is 0 Å². The molecule has 1 unspecified atom stereocenters. The highest BCUT2D eigenvalue weighted by Crippen LogP contribution is 2.40. The van der Waals surface area contributed by atoms with E-state index in [4.69, 9.17) is 23.2 Å². The molecule has 1 N–H and O–H groups in total. The second kappa shape index (κ2) is 6.18. The molecule has 1 atom stereocenters. The SMILES string of the molecule is Clc1ccc2c(c1)C(Nc1cc(Br)ccc1Cl)CCS2. The fourth-order valence-corrected chi connectivity index (χ4v) is 4.13. The summed E-state index contributed by atoms with van der Waals surface area (Å²) in [4.78, 5) is 1.30. The minimum Gasteiger partial charge on any atom is -0.377 e. The van der Waals surface area contributed by atoms with Crippen LogP contribution in [0.3, 0.4) is 0 Å². The van der Waals surface area contributed by atoms with Gasteiger partial charge in [-0.3, -0.25) is 0 Å². The number of halogens is 3. The normalized spacial score (nSPS) is 17.6. The Morgan fingerprint density at radius 1 is 1.15 bits per heavy atom. The van der Waals surface area contributed by atoms with Gasteiger partial charge in [-0.2, -0.15) is 0 Å². The number of hydrogen-bond donors (Lipinski definition) is 1. The van der Waals surface area contributed by atoms with E-state index in [0.717, 1.165) is 32.4 Å². The summed E-state index contributed by atoms with van der Waals surface area (Å²) in [7, 11) is 0. The molecule has 0 saturated carbocycles. The van der Waals surface area contributed by atoms with Gasteiger partial charge in [0.1, 0.15) is 0 Å². The van der Waals surface area contributed by atoms with E-state index in [1.165, 1.54) is 10.5 Å². The van der Waals surface area contributed by atoms with E-state index in [-0.39, 0.29) is 6.04 Å². The Labute approximate surface area is 141 Å². The lowest BCUT2D eigenvalue weighted by Gasteiger charge is -2.27. The van der Waals surface area contributed by atoms with E-state index in [9.17, 15) is 0 Å². The second-order valence-electron chi connectivity index (χ2n) is 4.64. The van der Waals surface area contributed by atoms with Gasteiger partial charge in [0.2, 0.25) is 0 Å². The molecular formula is C15H12BrCl2NS. The van der Waals surface area contributed by atoms with E-state index in [1.807, 2.05) is 42.1 Å². The van der Waals surface area contributed by atoms with Crippen LogP contribution < -0.4 is 5.32 Å². The van der Waals surface area contributed by atoms with Gasteiger partial charge in [0.25, 0.3) is 0 Å². The average molecular weight is 389 g/mol. The molecule has 104 valence electrons. The van der Waals surface area contributed by atoms with Gasteiger partial charge in [0.15, 0.2) is 0 Å². The zero-order valence-corrected chi connectivity index (χ0v) is 14.4. The summed E-state index contributed by atoms with van der Waals surface area (Å²) in [6, 6.07) is 12.2. The molecule has 2 aromatic carbocycles. The molecule has 20 heavy (non-hydrogen) atoms. The number of fused-ring (bicyclic) bond motifs is 1. The van der Waals surface area contributed by atoms with Gasteiger partial charge in [-0.25, -0.2) is 0 Å². The van der Waals surface area contributed by atoms with Crippen LogP contribution in [0.4, 0.5) is 5.69 Å². The van der Waals surface area contributed by atoms with Crippen LogP contribution in [0, 0.1) is 0 Å². The molecule has 0 aromatic heterocycles. The van der Waals surface area contributed by atoms with Crippen molar-refractivity contribution in [1.29, 1.82) is 0 Å². The number of anilines is 1. The maximum atomic E-state index is 6.26. The number of thioether (sulfide) groups is 1. The van der Waals surface area contributed by atoms with Gasteiger partial charge >= 0.3 is 0 Å². The first-order chi connectivity index (χ1) is 9.63. The van der Waals surface area contributed by atoms with Crippen LogP contribution in [-0.4, -0.2) is 5.75 Å². The van der Waals surface area contributed by atoms with E-state index in [0.29, 0.717) is 0 Å². The van der Waals surface area contributed by atoms with Gasteiger partial charge in [0.05, 0.1) is 16.8 Å². The van der Waals surface area contributed by atoms with Crippen molar-refractivity contribution < 1.29 is 0 Å². The van der Waals surface area contributed by atoms with Gasteiger partial charge in [-0.15, -0.1) is 11.8 Å². The predicted octanol–water partition coefficient (Wildman–Crippen LogP) is 6.40. The molecule has 0 fully saturated rings. The first-order valence-electron chi connectivity index (χ1n) is 6.27. The smallest absolute Gasteiger partial charge is 0.0638 e. The van der Waals surface area contributed by atoms with Crippen LogP contribution in [0.25, 0.3) is 0 Å². The molecule has 5 heteroatoms. The largest absolute Gasteiger partial charge is 0.377 e. The van der Waals surface area contributed by atoms with Crippen molar-refractivity contribution in [2.75, 3.05) is 11.1 Å². The van der Waals surface area contributed by atoms with E-state index in [2.05, 4.69) is 27.3 Å². The summed E-state index contributed by atoms with van der Waals surface area (Å²) in [6.45, 7) is 0. The van der Waals surface area contributed by atoms with Crippen LogP contribution in [0.15, 0.2) is 45.8 Å². The van der Waals surface area contributed by atoms with Crippen molar-refractivity contribution in [2.45, 2.75) is 17.4 Å². The second-order valence-corrected chi connectivity index (χ2v) is 7.54. The summed E-state index contributed by atoms with van der Waals surface area (Å²) in [5.74, 6) is 1.10. The molecule has 1 heterocycles. The minimum atomic E-state index is 0.247. The van der Waals surface area contributed by atoms with Crippen molar-refractivity contribution in [3.8, 4) is 0 Å². The molecule has 1 aliphatic rings. The summed E-state index contributed by atoms with van der Waals surface area (Å²) >= 11 is 17.7. The molecule has 0 bridgehead atoms. The fraction of sp³-hybridized carbons (Fsp3) is 0.200. The fourth-order valence-electron chi connectivity index (χ4n) is 2.31. The quantitative estimate of drug-likeness (QED) is 0.638. The van der Waals surface area contributed by atoms with Crippen LogP contribution in [0.5, 0.6) is 0 Å². The standard InChI is InChI=1S/C15H12BrCl2NS/c16-9-1-3-12(18)14(7-9)19-13-5-6-20-15-4-2-10(17)8-11(13)15/h1-4,7-8,13,19H,5-6H2. The predicted molar refractivity (Wildman–Crippen MR) is 92.3 cm³/mol. The summed E-state index contributed by atoms with van der Waals surface area (Å²) in [5.41, 5.74) is 2.20. The number of benzene rings is 2. The molecule has 0 spiro atoms. The highest BCUT2D eigenvalue weighted by atomic mass is 79.9. The monoisotopic (exact) mass is 387 g/mol. The summed E-state index contributed by atoms with van der Waals surface area (Å²) < 4.78 is 1.01. The van der Waals surface area contributed by atoms with Crippen LogP contribution in [-0.2, 0) is 0 Å². The van der Waals surface area contributed by atoms with Crippen molar-refractivity contribution in [2.24, 2.45) is 0 Å². The Morgan fingerprint density at radius 2 is 2.00 bits per heavy atom. The molecule has 0 saturated heterocycles. The van der Waals surface area contributed by atoms with Gasteiger partial charge in [0, 0.05) is 20.1 Å². The van der Waals surface area contributed by atoms with E-state index in [1.54, 1.807) is 0 Å². The van der Waals surface area contributed by atoms with Crippen LogP contribution in [0.1, 0.15) is 18.0 Å². The Morgan fingerprint density at radius 3 is 2.85 bits per heavy atom. The van der Waals surface area contributed by atoms with Crippen LogP contribution in [0.2, 0.25) is 10.0 Å². The third kappa shape index (κ3) is 3.11. The molecule has 0 radical (unpaired) electrons. The lowest BCUT2D eigenvalue weighted by molar-refractivity contribution is 0.728. The summed E-state index contributed by atoms with van der Waals surface area (Å²) in [6.07, 6.45) is 1.06. The van der Waals surface area contributed by atoms with Crippen molar-refractivity contribution in [3.63, 3.8) is 0 Å². The third-order valence-electron chi connectivity index (χ3n) is 3.27. The maximum Gasteiger partial charge on any atom is 0.0638 e. The Kier molecular flexibility index (Phi) is 4.51. The zero-order chi connectivity index (χ0) is 14.1. The third-order valence-corrected chi connectivity index (χ3v) is 5.45. The zero-order valence-electron chi connectivity index (χ0n) is 10.5. The molecule has 0 amide bonds. The van der Waals surface area contributed by atoms with Crippen LogP contribution >= 0.6 is 50.9 Å². The minimum absolute atomic E-state index is 0.247.